The molecule has 0 bridgehead atoms. The van der Waals surface area contributed by atoms with E-state index in [-0.39, 0.29) is 25.8 Å². The maximum atomic E-state index is 12.6. The highest BCUT2D eigenvalue weighted by Crippen LogP contribution is 2.43. The van der Waals surface area contributed by atoms with Gasteiger partial charge in [-0.15, -0.1) is 0 Å². The van der Waals surface area contributed by atoms with Crippen molar-refractivity contribution in [1.82, 2.24) is 0 Å². The SMILES string of the molecule is CC/C=C\C/C=C\C/C=C\CCCCCCCCCCOCC(COP(=O)(O)OCC[N+](C)(C)C)OC(=O)CCCCCCCCCCCC. The van der Waals surface area contributed by atoms with Gasteiger partial charge in [0.05, 0.1) is 34.4 Å². The molecular formula is C41H79NO7P+. The quantitative estimate of drug-likeness (QED) is 0.0224. The molecule has 0 radical (unpaired) electrons. The Morgan fingerprint density at radius 2 is 1.16 bits per heavy atom. The highest BCUT2D eigenvalue weighted by molar-refractivity contribution is 7.47. The van der Waals surface area contributed by atoms with Crippen LogP contribution in [0.3, 0.4) is 0 Å². The highest BCUT2D eigenvalue weighted by Gasteiger charge is 2.26. The molecule has 0 spiro atoms. The van der Waals surface area contributed by atoms with Crippen LogP contribution in [-0.2, 0) is 27.9 Å². The predicted molar refractivity (Wildman–Crippen MR) is 210 cm³/mol. The normalized spacial score (nSPS) is 14.3. The zero-order chi connectivity index (χ0) is 37.0. The minimum Gasteiger partial charge on any atom is -0.457 e. The third-order valence-corrected chi connectivity index (χ3v) is 9.45. The Kier molecular flexibility index (Phi) is 33.9. The van der Waals surface area contributed by atoms with Crippen molar-refractivity contribution < 1.29 is 37.3 Å². The number of likely N-dealkylation sites (N-methyl/N-ethyl adjacent to an activating group) is 1. The molecule has 2 unspecified atom stereocenters. The zero-order valence-electron chi connectivity index (χ0n) is 33.1. The molecule has 50 heavy (non-hydrogen) atoms. The van der Waals surface area contributed by atoms with Crippen LogP contribution in [0.2, 0.25) is 0 Å². The third kappa shape index (κ3) is 38.0. The minimum absolute atomic E-state index is 0.0874. The lowest BCUT2D eigenvalue weighted by atomic mass is 10.1. The van der Waals surface area contributed by atoms with Crippen molar-refractivity contribution in [1.29, 1.82) is 0 Å². The van der Waals surface area contributed by atoms with Gasteiger partial charge in [0.25, 0.3) is 0 Å². The van der Waals surface area contributed by atoms with Gasteiger partial charge in [0.15, 0.2) is 0 Å². The second kappa shape index (κ2) is 34.8. The Morgan fingerprint density at radius 3 is 1.74 bits per heavy atom. The lowest BCUT2D eigenvalue weighted by Gasteiger charge is -2.24. The molecule has 9 heteroatoms. The second-order valence-corrected chi connectivity index (χ2v) is 16.1. The van der Waals surface area contributed by atoms with Crippen molar-refractivity contribution in [2.24, 2.45) is 0 Å². The third-order valence-electron chi connectivity index (χ3n) is 8.47. The summed E-state index contributed by atoms with van der Waals surface area (Å²) in [6, 6.07) is 0. The first-order valence-electron chi connectivity index (χ1n) is 20.2. The predicted octanol–water partition coefficient (Wildman–Crippen LogP) is 11.4. The molecule has 0 aliphatic heterocycles. The molecule has 8 nitrogen and oxygen atoms in total. The lowest BCUT2D eigenvalue weighted by Crippen LogP contribution is -2.37. The Bertz CT molecular complexity index is 900. The van der Waals surface area contributed by atoms with Gasteiger partial charge in [0, 0.05) is 13.0 Å². The minimum atomic E-state index is -4.27. The number of rotatable bonds is 37. The topological polar surface area (TPSA) is 91.3 Å². The number of ether oxygens (including phenoxy) is 2. The maximum absolute atomic E-state index is 12.6. The standard InChI is InChI=1S/C41H78NO7P/c1-6-8-10-12-14-16-18-19-20-21-22-23-24-25-27-29-31-33-36-46-38-40(39-48-50(44,45)47-37-35-42(3,4)5)49-41(43)34-32-30-28-26-17-15-13-11-9-7-2/h8,10,14,16,19-20,40H,6-7,9,11-13,15,17-18,21-39H2,1-5H3/p+1/b10-8-,16-14-,20-19-. The molecule has 0 aromatic heterocycles. The van der Waals surface area contributed by atoms with Crippen LogP contribution in [0.4, 0.5) is 0 Å². The largest absolute Gasteiger partial charge is 0.472 e. The number of hydrogen-bond acceptors (Lipinski definition) is 6. The number of carbonyl (C=O) groups is 1. The molecule has 0 saturated heterocycles. The van der Waals surface area contributed by atoms with Gasteiger partial charge in [0.1, 0.15) is 19.3 Å². The molecule has 0 fully saturated rings. The maximum Gasteiger partial charge on any atom is 0.472 e. The van der Waals surface area contributed by atoms with E-state index >= 15 is 0 Å². The average molecular weight is 729 g/mol. The molecule has 0 aromatic rings. The van der Waals surface area contributed by atoms with Crippen molar-refractivity contribution in [2.45, 2.75) is 168 Å². The second-order valence-electron chi connectivity index (χ2n) is 14.6. The summed E-state index contributed by atoms with van der Waals surface area (Å²) in [5.41, 5.74) is 0. The summed E-state index contributed by atoms with van der Waals surface area (Å²) < 4.78 is 34.9. The molecule has 294 valence electrons. The van der Waals surface area contributed by atoms with Crippen molar-refractivity contribution in [3.63, 3.8) is 0 Å². The summed E-state index contributed by atoms with van der Waals surface area (Å²) in [5.74, 6) is -0.320. The van der Waals surface area contributed by atoms with Crippen molar-refractivity contribution in [3.05, 3.63) is 36.5 Å². The summed E-state index contributed by atoms with van der Waals surface area (Å²) >= 11 is 0. The van der Waals surface area contributed by atoms with E-state index in [1.54, 1.807) is 0 Å². The summed E-state index contributed by atoms with van der Waals surface area (Å²) in [4.78, 5) is 22.8. The van der Waals surface area contributed by atoms with Gasteiger partial charge in [-0.3, -0.25) is 13.8 Å². The fourth-order valence-corrected chi connectivity index (χ4v) is 6.07. The van der Waals surface area contributed by atoms with Crippen LogP contribution < -0.4 is 0 Å². The summed E-state index contributed by atoms with van der Waals surface area (Å²) in [7, 11) is 1.66. The fraction of sp³-hybridized carbons (Fsp3) is 0.829. The Morgan fingerprint density at radius 1 is 0.640 bits per heavy atom. The van der Waals surface area contributed by atoms with Crippen LogP contribution >= 0.6 is 7.82 Å². The van der Waals surface area contributed by atoms with Gasteiger partial charge >= 0.3 is 13.8 Å². The molecule has 0 saturated carbocycles. The Labute approximate surface area is 308 Å². The number of allylic oxidation sites excluding steroid dienone is 6. The lowest BCUT2D eigenvalue weighted by molar-refractivity contribution is -0.870. The molecular weight excluding hydrogens is 649 g/mol. The molecule has 0 aromatic carbocycles. The number of unbranched alkanes of at least 4 members (excludes halogenated alkanes) is 17. The number of phosphoric acid groups is 1. The van der Waals surface area contributed by atoms with E-state index in [0.717, 1.165) is 51.4 Å². The monoisotopic (exact) mass is 729 g/mol. The molecule has 1 N–H and O–H groups in total. The van der Waals surface area contributed by atoms with Gasteiger partial charge in [-0.2, -0.15) is 0 Å². The zero-order valence-corrected chi connectivity index (χ0v) is 34.0. The number of nitrogens with zero attached hydrogens (tertiary/aromatic N) is 1. The summed E-state index contributed by atoms with van der Waals surface area (Å²) in [5, 5.41) is 0. The average Bonchev–Trinajstić information content (AvgIpc) is 3.06. The Hall–Kier alpha value is -1.28. The summed E-state index contributed by atoms with van der Waals surface area (Å²) in [6.07, 6.45) is 38.9. The van der Waals surface area contributed by atoms with Gasteiger partial charge in [-0.1, -0.05) is 147 Å². The van der Waals surface area contributed by atoms with Crippen molar-refractivity contribution in [2.75, 3.05) is 54.1 Å². The Balaban J connectivity index is 4.22. The van der Waals surface area contributed by atoms with Crippen LogP contribution in [0.5, 0.6) is 0 Å². The molecule has 0 aliphatic rings. The first kappa shape index (κ1) is 48.7. The van der Waals surface area contributed by atoms with Crippen LogP contribution in [0, 0.1) is 0 Å². The van der Waals surface area contributed by atoms with E-state index < -0.39 is 13.9 Å². The van der Waals surface area contributed by atoms with Gasteiger partial charge < -0.3 is 18.9 Å². The highest BCUT2D eigenvalue weighted by atomic mass is 31.2. The van der Waals surface area contributed by atoms with E-state index in [0.29, 0.717) is 24.1 Å². The number of carbonyl (C=O) groups excluding carboxylic acids is 1. The van der Waals surface area contributed by atoms with E-state index in [9.17, 15) is 14.3 Å². The molecule has 2 atom stereocenters. The van der Waals surface area contributed by atoms with E-state index in [2.05, 4.69) is 50.3 Å². The van der Waals surface area contributed by atoms with Crippen molar-refractivity contribution >= 4 is 13.8 Å². The van der Waals surface area contributed by atoms with E-state index in [1.807, 2.05) is 21.1 Å². The van der Waals surface area contributed by atoms with Gasteiger partial charge in [0.2, 0.25) is 0 Å². The smallest absolute Gasteiger partial charge is 0.457 e. The van der Waals surface area contributed by atoms with Crippen LogP contribution in [-0.4, -0.2) is 75.6 Å². The molecule has 0 aliphatic carbocycles. The molecule has 0 rings (SSSR count). The van der Waals surface area contributed by atoms with Gasteiger partial charge in [-0.25, -0.2) is 4.57 Å². The van der Waals surface area contributed by atoms with Crippen LogP contribution in [0.25, 0.3) is 0 Å². The van der Waals surface area contributed by atoms with Crippen LogP contribution in [0.1, 0.15) is 162 Å². The first-order valence-corrected chi connectivity index (χ1v) is 21.7. The fourth-order valence-electron chi connectivity index (χ4n) is 5.33. The number of esters is 1. The number of quaternary nitrogens is 1. The number of phosphoric ester groups is 1. The van der Waals surface area contributed by atoms with E-state index in [1.165, 1.54) is 89.9 Å². The number of hydrogen-bond donors (Lipinski definition) is 1. The van der Waals surface area contributed by atoms with Crippen LogP contribution in [0.15, 0.2) is 36.5 Å². The van der Waals surface area contributed by atoms with E-state index in [4.69, 9.17) is 18.5 Å². The van der Waals surface area contributed by atoms with Gasteiger partial charge in [-0.05, 0) is 44.9 Å². The summed E-state index contributed by atoms with van der Waals surface area (Å²) in [6.45, 7) is 5.48. The first-order chi connectivity index (χ1) is 24.1. The molecule has 0 amide bonds. The molecule has 0 heterocycles. The van der Waals surface area contributed by atoms with Crippen molar-refractivity contribution in [3.8, 4) is 0 Å².